The van der Waals surface area contributed by atoms with Crippen molar-refractivity contribution in [2.24, 2.45) is 0 Å². The predicted molar refractivity (Wildman–Crippen MR) is 79.9 cm³/mol. The van der Waals surface area contributed by atoms with E-state index in [1.54, 1.807) is 26.1 Å². The van der Waals surface area contributed by atoms with Gasteiger partial charge in [0.05, 0.1) is 28.5 Å². The average Bonchev–Trinajstić information content (AvgIpc) is 2.40. The number of halogens is 1. The Morgan fingerprint density at radius 1 is 1.21 bits per heavy atom. The molecule has 4 nitrogen and oxygen atoms in total. The summed E-state index contributed by atoms with van der Waals surface area (Å²) in [5.74, 6) is 0. The van der Waals surface area contributed by atoms with E-state index in [1.807, 2.05) is 18.2 Å². The normalized spacial score (nSPS) is 11.9. The van der Waals surface area contributed by atoms with Crippen molar-refractivity contribution < 1.29 is 13.6 Å². The van der Waals surface area contributed by atoms with Crippen LogP contribution in [0.25, 0.3) is 10.9 Å². The lowest BCUT2D eigenvalue weighted by Gasteiger charge is -2.18. The summed E-state index contributed by atoms with van der Waals surface area (Å²) in [5, 5.41) is 1.49. The molecule has 1 aromatic carbocycles. The van der Waals surface area contributed by atoms with Crippen LogP contribution in [-0.2, 0) is 13.6 Å². The highest BCUT2D eigenvalue weighted by Gasteiger charge is 2.30. The van der Waals surface area contributed by atoms with Gasteiger partial charge in [0.15, 0.2) is 0 Å². The van der Waals surface area contributed by atoms with E-state index >= 15 is 0 Å². The topological polar surface area (TPSA) is 48.4 Å². The van der Waals surface area contributed by atoms with Gasteiger partial charge in [-0.05, 0) is 41.9 Å². The molecule has 1 heterocycles. The van der Waals surface area contributed by atoms with E-state index in [0.717, 1.165) is 10.9 Å². The van der Waals surface area contributed by atoms with Gasteiger partial charge in [0.25, 0.3) is 0 Å². The summed E-state index contributed by atoms with van der Waals surface area (Å²) in [6, 6.07) is 7.44. The van der Waals surface area contributed by atoms with Crippen molar-refractivity contribution >= 4 is 39.7 Å². The maximum absolute atomic E-state index is 12.8. The lowest BCUT2D eigenvalue weighted by atomic mass is 10.2. The minimum absolute atomic E-state index is 0.323. The summed E-state index contributed by atoms with van der Waals surface area (Å²) in [5.41, 5.74) is 0.750. The van der Waals surface area contributed by atoms with Crippen LogP contribution < -0.4 is 5.30 Å². The zero-order valence-electron chi connectivity index (χ0n) is 10.8. The van der Waals surface area contributed by atoms with Crippen LogP contribution in [0.4, 0.5) is 0 Å². The summed E-state index contributed by atoms with van der Waals surface area (Å²) < 4.78 is 24.2. The quantitative estimate of drug-likeness (QED) is 0.772. The lowest BCUT2D eigenvalue weighted by molar-refractivity contribution is 0.230. The molecule has 0 unspecified atom stereocenters. The summed E-state index contributed by atoms with van der Waals surface area (Å²) in [6.07, 6.45) is 1.70. The van der Waals surface area contributed by atoms with E-state index in [2.05, 4.69) is 20.9 Å². The second-order valence-corrected chi connectivity index (χ2v) is 6.59. The fraction of sp³-hybridized carbons (Fsp3) is 0.308. The summed E-state index contributed by atoms with van der Waals surface area (Å²) in [4.78, 5) is 4.30. The van der Waals surface area contributed by atoms with Crippen molar-refractivity contribution in [1.29, 1.82) is 0 Å². The van der Waals surface area contributed by atoms with Gasteiger partial charge in [0.2, 0.25) is 0 Å². The molecule has 0 spiro atoms. The third-order valence-electron chi connectivity index (χ3n) is 2.59. The molecule has 6 heteroatoms. The van der Waals surface area contributed by atoms with Gasteiger partial charge in [-0.15, -0.1) is 0 Å². The second-order valence-electron chi connectivity index (χ2n) is 3.81. The van der Waals surface area contributed by atoms with Crippen molar-refractivity contribution in [3.05, 3.63) is 34.9 Å². The number of nitrogens with zero attached hydrogens (tertiary/aromatic N) is 1. The largest absolute Gasteiger partial charge is 0.362 e. The Bertz CT molecular complexity index is 622. The first-order chi connectivity index (χ1) is 9.12. The molecule has 1 aromatic heterocycles. The van der Waals surface area contributed by atoms with Crippen LogP contribution in [0.1, 0.15) is 13.8 Å². The van der Waals surface area contributed by atoms with Crippen LogP contribution in [0.15, 0.2) is 34.9 Å². The van der Waals surface area contributed by atoms with Gasteiger partial charge >= 0.3 is 7.60 Å². The van der Waals surface area contributed by atoms with Crippen molar-refractivity contribution in [2.45, 2.75) is 13.8 Å². The fourth-order valence-corrected chi connectivity index (χ4v) is 4.58. The van der Waals surface area contributed by atoms with Gasteiger partial charge in [0.1, 0.15) is 0 Å². The Morgan fingerprint density at radius 2 is 1.89 bits per heavy atom. The van der Waals surface area contributed by atoms with Crippen LogP contribution in [0.5, 0.6) is 0 Å². The molecule has 0 amide bonds. The van der Waals surface area contributed by atoms with Crippen molar-refractivity contribution in [3.63, 3.8) is 0 Å². The Labute approximate surface area is 120 Å². The van der Waals surface area contributed by atoms with Gasteiger partial charge in [-0.1, -0.05) is 12.1 Å². The van der Waals surface area contributed by atoms with E-state index in [-0.39, 0.29) is 0 Å². The minimum Gasteiger partial charge on any atom is -0.305 e. The van der Waals surface area contributed by atoms with Crippen LogP contribution in [-0.4, -0.2) is 18.2 Å². The maximum Gasteiger partial charge on any atom is 0.362 e. The molecule has 19 heavy (non-hydrogen) atoms. The molecular weight excluding hydrogens is 329 g/mol. The number of rotatable bonds is 5. The smallest absolute Gasteiger partial charge is 0.305 e. The molecule has 0 N–H and O–H groups in total. The predicted octanol–water partition coefficient (Wildman–Crippen LogP) is 3.89. The third kappa shape index (κ3) is 2.90. The molecule has 2 rings (SSSR count). The molecule has 0 saturated carbocycles. The van der Waals surface area contributed by atoms with Crippen LogP contribution in [0.2, 0.25) is 0 Å². The van der Waals surface area contributed by atoms with Gasteiger partial charge in [0, 0.05) is 11.6 Å². The van der Waals surface area contributed by atoms with Crippen LogP contribution >= 0.6 is 23.5 Å². The number of benzene rings is 1. The van der Waals surface area contributed by atoms with Crippen molar-refractivity contribution in [2.75, 3.05) is 13.2 Å². The molecule has 0 radical (unpaired) electrons. The molecule has 102 valence electrons. The molecule has 2 aromatic rings. The number of hydrogen-bond donors (Lipinski definition) is 0. The summed E-state index contributed by atoms with van der Waals surface area (Å²) >= 11 is 3.46. The highest BCUT2D eigenvalue weighted by Crippen LogP contribution is 2.49. The Morgan fingerprint density at radius 3 is 2.53 bits per heavy atom. The van der Waals surface area contributed by atoms with Gasteiger partial charge in [-0.2, -0.15) is 0 Å². The first kappa shape index (κ1) is 14.7. The second kappa shape index (κ2) is 6.14. The van der Waals surface area contributed by atoms with E-state index in [1.165, 1.54) is 0 Å². The number of aromatic nitrogens is 1. The van der Waals surface area contributed by atoms with Gasteiger partial charge in [-0.25, -0.2) is 0 Å². The van der Waals surface area contributed by atoms with E-state index in [0.29, 0.717) is 23.0 Å². The average molecular weight is 344 g/mol. The molecule has 0 aliphatic carbocycles. The molecule has 0 atom stereocenters. The SMILES string of the molecule is CCOP(=O)(OCC)c1ccc2cccnc2c1Br. The zero-order valence-corrected chi connectivity index (χ0v) is 13.3. The highest BCUT2D eigenvalue weighted by atomic mass is 79.9. The first-order valence-electron chi connectivity index (χ1n) is 6.05. The standard InChI is InChI=1S/C13H15BrNO3P/c1-3-17-19(16,18-4-2)11-8-7-10-6-5-9-15-13(10)12(11)14/h5-9H,3-4H2,1-2H3. The molecule has 0 aliphatic rings. The maximum atomic E-state index is 12.8. The highest BCUT2D eigenvalue weighted by molar-refractivity contribution is 9.10. The number of hydrogen-bond acceptors (Lipinski definition) is 4. The Balaban J connectivity index is 2.60. The molecular formula is C13H15BrNO3P. The van der Waals surface area contributed by atoms with Crippen LogP contribution in [0.3, 0.4) is 0 Å². The van der Waals surface area contributed by atoms with E-state index in [9.17, 15) is 4.57 Å². The zero-order chi connectivity index (χ0) is 13.9. The lowest BCUT2D eigenvalue weighted by Crippen LogP contribution is -2.12. The van der Waals surface area contributed by atoms with E-state index in [4.69, 9.17) is 9.05 Å². The number of pyridine rings is 1. The monoisotopic (exact) mass is 343 g/mol. The fourth-order valence-electron chi connectivity index (χ4n) is 1.83. The van der Waals surface area contributed by atoms with Crippen LogP contribution in [0, 0.1) is 0 Å². The molecule has 0 bridgehead atoms. The van der Waals surface area contributed by atoms with E-state index < -0.39 is 7.60 Å². The van der Waals surface area contributed by atoms with Crippen molar-refractivity contribution in [1.82, 2.24) is 4.98 Å². The molecule has 0 fully saturated rings. The molecule has 0 aliphatic heterocycles. The van der Waals surface area contributed by atoms with Gasteiger partial charge in [-0.3, -0.25) is 9.55 Å². The number of fused-ring (bicyclic) bond motifs is 1. The Kier molecular flexibility index (Phi) is 4.74. The third-order valence-corrected chi connectivity index (χ3v) is 5.85. The summed E-state index contributed by atoms with van der Waals surface area (Å²) in [7, 11) is -3.30. The minimum atomic E-state index is -3.30. The van der Waals surface area contributed by atoms with Gasteiger partial charge < -0.3 is 9.05 Å². The first-order valence-corrected chi connectivity index (χ1v) is 8.39. The Hall–Kier alpha value is -0.740. The molecule has 0 saturated heterocycles. The van der Waals surface area contributed by atoms with Crippen molar-refractivity contribution in [3.8, 4) is 0 Å². The summed E-state index contributed by atoms with van der Waals surface area (Å²) in [6.45, 7) is 4.23.